The minimum Gasteiger partial charge on any atom is -0.481 e. The van der Waals surface area contributed by atoms with Gasteiger partial charge in [-0.1, -0.05) is 52.9 Å². The van der Waals surface area contributed by atoms with E-state index in [1.807, 2.05) is 0 Å². The van der Waals surface area contributed by atoms with E-state index in [0.717, 1.165) is 75.4 Å². The Labute approximate surface area is 229 Å². The fourth-order valence-electron chi connectivity index (χ4n) is 5.32. The summed E-state index contributed by atoms with van der Waals surface area (Å²) in [6, 6.07) is 7.15. The van der Waals surface area contributed by atoms with Crippen molar-refractivity contribution in [3.8, 4) is 0 Å². The van der Waals surface area contributed by atoms with E-state index in [-0.39, 0.29) is 0 Å². The third-order valence-corrected chi connectivity index (χ3v) is 7.71. The Kier molecular flexibility index (Phi) is 12.2. The number of carboxylic acids is 1. The van der Waals surface area contributed by atoms with Gasteiger partial charge in [-0.05, 0) is 87.0 Å². The van der Waals surface area contributed by atoms with Crippen LogP contribution in [-0.4, -0.2) is 51.7 Å². The van der Waals surface area contributed by atoms with Crippen molar-refractivity contribution in [1.82, 2.24) is 15.2 Å². The quantitative estimate of drug-likeness (QED) is 0.140. The van der Waals surface area contributed by atoms with Gasteiger partial charge in [-0.2, -0.15) is 0 Å². The summed E-state index contributed by atoms with van der Waals surface area (Å²) in [6.45, 7) is 9.75. The molecule has 1 aromatic heterocycles. The molecular weight excluding hydrogens is 480 g/mol. The van der Waals surface area contributed by atoms with Crippen molar-refractivity contribution in [3.63, 3.8) is 0 Å². The van der Waals surface area contributed by atoms with Crippen molar-refractivity contribution in [2.45, 2.75) is 104 Å². The highest BCUT2D eigenvalue weighted by Gasteiger charge is 2.22. The summed E-state index contributed by atoms with van der Waals surface area (Å²) in [7, 11) is 0. The summed E-state index contributed by atoms with van der Waals surface area (Å²) < 4.78 is 0. The zero-order valence-corrected chi connectivity index (χ0v) is 24.0. The van der Waals surface area contributed by atoms with Crippen LogP contribution in [0, 0.1) is 5.92 Å². The van der Waals surface area contributed by atoms with Crippen LogP contribution in [0.1, 0.15) is 96.2 Å². The second-order valence-electron chi connectivity index (χ2n) is 11.1. The highest BCUT2D eigenvalue weighted by atomic mass is 32.1. The van der Waals surface area contributed by atoms with Gasteiger partial charge in [0.2, 0.25) is 0 Å². The molecule has 0 spiro atoms. The first-order valence-corrected chi connectivity index (χ1v) is 14.9. The number of hydrogen-bond acceptors (Lipinski definition) is 3. The molecule has 1 heterocycles. The van der Waals surface area contributed by atoms with Crippen LogP contribution in [0.5, 0.6) is 0 Å². The Hall–Kier alpha value is -2.12. The number of carboxylic acid groups (broad SMARTS) is 1. The van der Waals surface area contributed by atoms with Crippen molar-refractivity contribution in [1.29, 1.82) is 0 Å². The maximum Gasteiger partial charge on any atom is 0.303 e. The number of carbonyl (C=O) groups is 1. The molecule has 1 aliphatic carbocycles. The summed E-state index contributed by atoms with van der Waals surface area (Å²) in [5.41, 5.74) is 5.15. The van der Waals surface area contributed by atoms with Gasteiger partial charge in [0.1, 0.15) is 0 Å². The largest absolute Gasteiger partial charge is 0.481 e. The molecule has 2 aromatic rings. The molecule has 0 amide bonds. The van der Waals surface area contributed by atoms with E-state index >= 15 is 0 Å². The number of nitrogens with zero attached hydrogens (tertiary/aromatic N) is 1. The summed E-state index contributed by atoms with van der Waals surface area (Å²) in [4.78, 5) is 16.6. The predicted octanol–water partition coefficient (Wildman–Crippen LogP) is 6.89. The Morgan fingerprint density at radius 2 is 1.86 bits per heavy atom. The molecule has 7 heteroatoms. The van der Waals surface area contributed by atoms with E-state index in [1.165, 1.54) is 47.8 Å². The standard InChI is InChI=1S/C30H48N4O2S/c1-4-17-34(18-11-9-7-5-6-8-10-12-29(35)36)30(37)32-24-14-16-28-26(20-24)25-19-23(31-21-22(2)3)13-15-27(25)33-28/h14,16,20,22-23,31,33H,4-13,15,17-19,21H2,1-3H3,(H,32,37)(H,35,36). The number of thiocarbonyl (C=S) groups is 1. The normalized spacial score (nSPS) is 15.2. The van der Waals surface area contributed by atoms with Crippen LogP contribution in [0.25, 0.3) is 10.9 Å². The lowest BCUT2D eigenvalue weighted by atomic mass is 9.91. The Morgan fingerprint density at radius 3 is 2.57 bits per heavy atom. The van der Waals surface area contributed by atoms with Gasteiger partial charge < -0.3 is 25.6 Å². The molecular formula is C30H48N4O2S. The molecule has 4 N–H and O–H groups in total. The lowest BCUT2D eigenvalue weighted by Gasteiger charge is -2.26. The zero-order chi connectivity index (χ0) is 26.6. The van der Waals surface area contributed by atoms with Crippen molar-refractivity contribution in [2.75, 3.05) is 25.0 Å². The average molecular weight is 529 g/mol. The van der Waals surface area contributed by atoms with Gasteiger partial charge in [0, 0.05) is 47.8 Å². The minimum absolute atomic E-state index is 0.298. The van der Waals surface area contributed by atoms with Crippen LogP contribution in [-0.2, 0) is 17.6 Å². The molecule has 1 aliphatic rings. The first-order chi connectivity index (χ1) is 17.9. The Morgan fingerprint density at radius 1 is 1.14 bits per heavy atom. The van der Waals surface area contributed by atoms with Crippen molar-refractivity contribution >= 4 is 39.9 Å². The van der Waals surface area contributed by atoms with E-state index in [2.05, 4.69) is 59.5 Å². The number of unbranched alkanes of at least 4 members (excludes halogenated alkanes) is 6. The number of benzene rings is 1. The number of nitrogens with one attached hydrogen (secondary N) is 3. The molecule has 0 bridgehead atoms. The molecule has 1 unspecified atom stereocenters. The number of aromatic nitrogens is 1. The molecule has 6 nitrogen and oxygen atoms in total. The maximum atomic E-state index is 10.6. The molecule has 0 fully saturated rings. The number of aryl methyl sites for hydroxylation is 1. The molecule has 206 valence electrons. The van der Waals surface area contributed by atoms with Crippen molar-refractivity contribution in [3.05, 3.63) is 29.5 Å². The zero-order valence-electron chi connectivity index (χ0n) is 23.2. The summed E-state index contributed by atoms with van der Waals surface area (Å²) >= 11 is 5.84. The van der Waals surface area contributed by atoms with E-state index in [9.17, 15) is 4.79 Å². The summed E-state index contributed by atoms with van der Waals surface area (Å²) in [6.07, 6.45) is 12.4. The van der Waals surface area contributed by atoms with Gasteiger partial charge in [0.15, 0.2) is 5.11 Å². The van der Waals surface area contributed by atoms with Crippen molar-refractivity contribution in [2.24, 2.45) is 5.92 Å². The topological polar surface area (TPSA) is 80.4 Å². The lowest BCUT2D eigenvalue weighted by molar-refractivity contribution is -0.137. The molecule has 1 atom stereocenters. The third-order valence-electron chi connectivity index (χ3n) is 7.35. The molecule has 0 saturated heterocycles. The van der Waals surface area contributed by atoms with E-state index in [1.54, 1.807) is 0 Å². The highest BCUT2D eigenvalue weighted by molar-refractivity contribution is 7.80. The van der Waals surface area contributed by atoms with E-state index in [0.29, 0.717) is 18.4 Å². The Bertz CT molecular complexity index is 1000. The lowest BCUT2D eigenvalue weighted by Crippen LogP contribution is -2.36. The fourth-order valence-corrected chi connectivity index (χ4v) is 5.62. The first-order valence-electron chi connectivity index (χ1n) is 14.5. The first kappa shape index (κ1) is 29.4. The number of fused-ring (bicyclic) bond motifs is 3. The van der Waals surface area contributed by atoms with Gasteiger partial charge in [-0.3, -0.25) is 4.79 Å². The summed E-state index contributed by atoms with van der Waals surface area (Å²) in [5.74, 6) is -0.0151. The van der Waals surface area contributed by atoms with Crippen LogP contribution in [0.2, 0.25) is 0 Å². The third kappa shape index (κ3) is 9.60. The maximum absolute atomic E-state index is 10.6. The second-order valence-corrected chi connectivity index (χ2v) is 11.5. The van der Waals surface area contributed by atoms with Crippen LogP contribution in [0.15, 0.2) is 18.2 Å². The molecule has 0 aliphatic heterocycles. The van der Waals surface area contributed by atoms with Gasteiger partial charge in [-0.25, -0.2) is 0 Å². The molecule has 0 radical (unpaired) electrons. The van der Waals surface area contributed by atoms with Crippen LogP contribution in [0.4, 0.5) is 5.69 Å². The van der Waals surface area contributed by atoms with E-state index in [4.69, 9.17) is 17.3 Å². The second kappa shape index (κ2) is 15.3. The monoisotopic (exact) mass is 528 g/mol. The summed E-state index contributed by atoms with van der Waals surface area (Å²) in [5, 5.41) is 18.2. The van der Waals surface area contributed by atoms with E-state index < -0.39 is 5.97 Å². The molecule has 3 rings (SSSR count). The number of rotatable bonds is 16. The number of aromatic amines is 1. The number of aliphatic carboxylic acids is 1. The van der Waals surface area contributed by atoms with Crippen LogP contribution >= 0.6 is 12.2 Å². The molecule has 0 saturated carbocycles. The fraction of sp³-hybridized carbons (Fsp3) is 0.667. The highest BCUT2D eigenvalue weighted by Crippen LogP contribution is 2.31. The van der Waals surface area contributed by atoms with Crippen LogP contribution < -0.4 is 10.6 Å². The molecule has 37 heavy (non-hydrogen) atoms. The molecule has 1 aromatic carbocycles. The predicted molar refractivity (Wildman–Crippen MR) is 160 cm³/mol. The number of anilines is 1. The minimum atomic E-state index is -0.684. The Balaban J connectivity index is 1.49. The number of hydrogen-bond donors (Lipinski definition) is 4. The SMILES string of the molecule is CCCN(CCCCCCCCCC(=O)O)C(=S)Nc1ccc2[nH]c3c(c2c1)CC(NCC(C)C)CC3. The van der Waals surface area contributed by atoms with Crippen molar-refractivity contribution < 1.29 is 9.90 Å². The van der Waals surface area contributed by atoms with Crippen LogP contribution in [0.3, 0.4) is 0 Å². The average Bonchev–Trinajstić information content (AvgIpc) is 3.22. The van der Waals surface area contributed by atoms with Gasteiger partial charge in [0.05, 0.1) is 0 Å². The smallest absolute Gasteiger partial charge is 0.303 e. The van der Waals surface area contributed by atoms with Gasteiger partial charge in [-0.15, -0.1) is 0 Å². The van der Waals surface area contributed by atoms with Gasteiger partial charge >= 0.3 is 5.97 Å². The number of H-pyrrole nitrogens is 1. The van der Waals surface area contributed by atoms with Gasteiger partial charge in [0.25, 0.3) is 0 Å².